The van der Waals surface area contributed by atoms with Crippen LogP contribution in [0.15, 0.2) is 12.3 Å². The number of aromatic nitrogens is 1. The number of piperidine rings is 1. The molecule has 120 valence electrons. The van der Waals surface area contributed by atoms with E-state index in [-0.39, 0.29) is 5.91 Å². The third kappa shape index (κ3) is 4.33. The van der Waals surface area contributed by atoms with E-state index in [1.807, 2.05) is 13.1 Å². The lowest BCUT2D eigenvalue weighted by Crippen LogP contribution is -2.42. The fraction of sp³-hybridized carbons (Fsp3) is 0.625. The normalized spacial score (nSPS) is 18.9. The van der Waals surface area contributed by atoms with Crippen LogP contribution in [0.2, 0.25) is 0 Å². The molecule has 1 aromatic heterocycles. The predicted octanol–water partition coefficient (Wildman–Crippen LogP) is 1.32. The van der Waals surface area contributed by atoms with Gasteiger partial charge in [-0.3, -0.25) is 4.79 Å². The number of methoxy groups -OCH3 is 1. The minimum atomic E-state index is -0.0597. The average molecular weight is 304 g/mol. The Kier molecular flexibility index (Phi) is 5.99. The molecule has 0 radical (unpaired) electrons. The number of carbonyl (C=O) groups is 1. The first-order valence-electron chi connectivity index (χ1n) is 7.69. The van der Waals surface area contributed by atoms with Crippen molar-refractivity contribution in [2.24, 2.45) is 5.92 Å². The second kappa shape index (κ2) is 7.97. The Bertz CT molecular complexity index is 534. The average Bonchev–Trinajstić information content (AvgIpc) is 3.01. The van der Waals surface area contributed by atoms with Gasteiger partial charge in [0.25, 0.3) is 5.91 Å². The van der Waals surface area contributed by atoms with Gasteiger partial charge in [-0.15, -0.1) is 0 Å². The summed E-state index contributed by atoms with van der Waals surface area (Å²) in [5.74, 6) is 0.431. The maximum absolute atomic E-state index is 12.4. The van der Waals surface area contributed by atoms with E-state index >= 15 is 0 Å². The predicted molar refractivity (Wildman–Crippen MR) is 83.5 cm³/mol. The van der Waals surface area contributed by atoms with Crippen LogP contribution in [0.1, 0.15) is 28.9 Å². The van der Waals surface area contributed by atoms with Gasteiger partial charge in [-0.2, -0.15) is 5.26 Å². The summed E-state index contributed by atoms with van der Waals surface area (Å²) in [6.45, 7) is 4.56. The van der Waals surface area contributed by atoms with Crippen LogP contribution in [0.3, 0.4) is 0 Å². The van der Waals surface area contributed by atoms with E-state index in [0.717, 1.165) is 45.6 Å². The number of hydrogen-bond donors (Lipinski definition) is 1. The van der Waals surface area contributed by atoms with Gasteiger partial charge < -0.3 is 19.5 Å². The van der Waals surface area contributed by atoms with Gasteiger partial charge in [0.15, 0.2) is 0 Å². The lowest BCUT2D eigenvalue weighted by atomic mass is 9.97. The largest absolute Gasteiger partial charge is 0.383 e. The standard InChI is InChI=1S/C16H24N4O2/c1-19(16(21)15-8-14(9-17)10-18-15)11-13-4-3-5-20(12-13)6-7-22-2/h8,10,13,18H,3-7,11-12H2,1-2H3. The van der Waals surface area contributed by atoms with Crippen LogP contribution < -0.4 is 0 Å². The Balaban J connectivity index is 1.86. The van der Waals surface area contributed by atoms with Crippen LogP contribution in [0.4, 0.5) is 0 Å². The van der Waals surface area contributed by atoms with Crippen molar-refractivity contribution in [1.29, 1.82) is 5.26 Å². The zero-order valence-corrected chi connectivity index (χ0v) is 13.3. The summed E-state index contributed by atoms with van der Waals surface area (Å²) in [5, 5.41) is 8.82. The van der Waals surface area contributed by atoms with Crippen LogP contribution in [0.5, 0.6) is 0 Å². The van der Waals surface area contributed by atoms with E-state index in [1.165, 1.54) is 0 Å². The number of amides is 1. The molecular weight excluding hydrogens is 280 g/mol. The van der Waals surface area contributed by atoms with E-state index in [0.29, 0.717) is 17.2 Å². The number of nitrogens with zero attached hydrogens (tertiary/aromatic N) is 3. The maximum Gasteiger partial charge on any atom is 0.270 e. The van der Waals surface area contributed by atoms with Gasteiger partial charge in [0, 0.05) is 40.0 Å². The maximum atomic E-state index is 12.4. The van der Waals surface area contributed by atoms with Crippen LogP contribution in [-0.4, -0.2) is 67.6 Å². The van der Waals surface area contributed by atoms with Crippen molar-refractivity contribution in [2.75, 3.05) is 46.9 Å². The number of H-pyrrole nitrogens is 1. The van der Waals surface area contributed by atoms with Crippen LogP contribution >= 0.6 is 0 Å². The first kappa shape index (κ1) is 16.5. The molecule has 1 aliphatic heterocycles. The van der Waals surface area contributed by atoms with Gasteiger partial charge >= 0.3 is 0 Å². The summed E-state index contributed by atoms with van der Waals surface area (Å²) < 4.78 is 5.13. The van der Waals surface area contributed by atoms with Gasteiger partial charge in [0.1, 0.15) is 11.8 Å². The Morgan fingerprint density at radius 2 is 2.45 bits per heavy atom. The van der Waals surface area contributed by atoms with Gasteiger partial charge in [-0.25, -0.2) is 0 Å². The van der Waals surface area contributed by atoms with Gasteiger partial charge in [-0.1, -0.05) is 0 Å². The monoisotopic (exact) mass is 304 g/mol. The molecule has 0 spiro atoms. The van der Waals surface area contributed by atoms with E-state index in [4.69, 9.17) is 10.00 Å². The minimum Gasteiger partial charge on any atom is -0.383 e. The third-order valence-corrected chi connectivity index (χ3v) is 4.14. The molecule has 1 N–H and O–H groups in total. The molecule has 22 heavy (non-hydrogen) atoms. The molecule has 2 heterocycles. The molecule has 1 fully saturated rings. The Morgan fingerprint density at radius 3 is 3.14 bits per heavy atom. The molecule has 0 aromatic carbocycles. The molecule has 1 aromatic rings. The highest BCUT2D eigenvalue weighted by molar-refractivity contribution is 5.92. The third-order valence-electron chi connectivity index (χ3n) is 4.14. The second-order valence-corrected chi connectivity index (χ2v) is 5.90. The number of nitriles is 1. The van der Waals surface area contributed by atoms with Gasteiger partial charge in [-0.05, 0) is 31.4 Å². The van der Waals surface area contributed by atoms with Crippen LogP contribution in [0, 0.1) is 17.2 Å². The summed E-state index contributed by atoms with van der Waals surface area (Å²) in [6, 6.07) is 3.63. The lowest BCUT2D eigenvalue weighted by molar-refractivity contribution is 0.0698. The van der Waals surface area contributed by atoms with Crippen molar-refractivity contribution in [3.63, 3.8) is 0 Å². The van der Waals surface area contributed by atoms with Crippen molar-refractivity contribution in [3.05, 3.63) is 23.5 Å². The fourth-order valence-corrected chi connectivity index (χ4v) is 2.98. The second-order valence-electron chi connectivity index (χ2n) is 5.90. The van der Waals surface area contributed by atoms with Crippen LogP contribution in [0.25, 0.3) is 0 Å². The number of aromatic amines is 1. The quantitative estimate of drug-likeness (QED) is 0.860. The number of hydrogen-bond acceptors (Lipinski definition) is 4. The first-order chi connectivity index (χ1) is 10.6. The number of likely N-dealkylation sites (tertiary alicyclic amines) is 1. The van der Waals surface area contributed by atoms with Crippen molar-refractivity contribution >= 4 is 5.91 Å². The van der Waals surface area contributed by atoms with E-state index in [1.54, 1.807) is 24.3 Å². The SMILES string of the molecule is COCCN1CCCC(CN(C)C(=O)c2cc(C#N)c[nH]2)C1. The number of ether oxygens (including phenoxy) is 1. The zero-order chi connectivity index (χ0) is 15.9. The Labute approximate surface area is 131 Å². The molecular formula is C16H24N4O2. The van der Waals surface area contributed by atoms with E-state index in [2.05, 4.69) is 9.88 Å². The highest BCUT2D eigenvalue weighted by Crippen LogP contribution is 2.18. The summed E-state index contributed by atoms with van der Waals surface area (Å²) in [7, 11) is 3.54. The first-order valence-corrected chi connectivity index (χ1v) is 7.69. The molecule has 6 nitrogen and oxygen atoms in total. The van der Waals surface area contributed by atoms with Crippen molar-refractivity contribution in [3.8, 4) is 6.07 Å². The van der Waals surface area contributed by atoms with Crippen molar-refractivity contribution in [2.45, 2.75) is 12.8 Å². The lowest BCUT2D eigenvalue weighted by Gasteiger charge is -2.34. The molecule has 1 atom stereocenters. The van der Waals surface area contributed by atoms with Crippen LogP contribution in [-0.2, 0) is 4.74 Å². The topological polar surface area (TPSA) is 72.4 Å². The summed E-state index contributed by atoms with van der Waals surface area (Å²) in [4.78, 5) is 19.4. The molecule has 1 unspecified atom stereocenters. The Morgan fingerprint density at radius 1 is 1.64 bits per heavy atom. The smallest absolute Gasteiger partial charge is 0.270 e. The molecule has 2 rings (SSSR count). The fourth-order valence-electron chi connectivity index (χ4n) is 2.98. The van der Waals surface area contributed by atoms with Gasteiger partial charge in [0.05, 0.1) is 12.2 Å². The molecule has 1 aliphatic rings. The summed E-state index contributed by atoms with van der Waals surface area (Å²) in [5.41, 5.74) is 0.964. The summed E-state index contributed by atoms with van der Waals surface area (Å²) >= 11 is 0. The Hall–Kier alpha value is -1.84. The molecule has 0 aliphatic carbocycles. The molecule has 6 heteroatoms. The van der Waals surface area contributed by atoms with E-state index in [9.17, 15) is 4.79 Å². The van der Waals surface area contributed by atoms with E-state index < -0.39 is 0 Å². The minimum absolute atomic E-state index is 0.0597. The number of nitrogens with one attached hydrogen (secondary N) is 1. The summed E-state index contributed by atoms with van der Waals surface area (Å²) in [6.07, 6.45) is 3.88. The number of carbonyl (C=O) groups excluding carboxylic acids is 1. The molecule has 0 saturated carbocycles. The van der Waals surface area contributed by atoms with Crippen molar-refractivity contribution in [1.82, 2.24) is 14.8 Å². The number of rotatable bonds is 6. The molecule has 1 amide bonds. The van der Waals surface area contributed by atoms with Crippen molar-refractivity contribution < 1.29 is 9.53 Å². The highest BCUT2D eigenvalue weighted by Gasteiger charge is 2.23. The zero-order valence-electron chi connectivity index (χ0n) is 13.3. The van der Waals surface area contributed by atoms with Gasteiger partial charge in [0.2, 0.25) is 0 Å². The highest BCUT2D eigenvalue weighted by atomic mass is 16.5. The molecule has 1 saturated heterocycles. The molecule has 0 bridgehead atoms.